The van der Waals surface area contributed by atoms with Gasteiger partial charge in [-0.05, 0) is 42.5 Å². The van der Waals surface area contributed by atoms with E-state index in [9.17, 15) is 9.90 Å². The van der Waals surface area contributed by atoms with Crippen molar-refractivity contribution >= 4 is 34.4 Å². The van der Waals surface area contributed by atoms with Crippen LogP contribution >= 0.6 is 11.9 Å². The van der Waals surface area contributed by atoms with Crippen molar-refractivity contribution in [3.63, 3.8) is 0 Å². The van der Waals surface area contributed by atoms with Crippen LogP contribution in [-0.2, 0) is 5.60 Å². The highest BCUT2D eigenvalue weighted by atomic mass is 32.2. The number of benzene rings is 2. The molecule has 3 heterocycles. The van der Waals surface area contributed by atoms with E-state index in [1.165, 1.54) is 11.9 Å². The third kappa shape index (κ3) is 4.53. The largest absolute Gasteiger partial charge is 0.385 e. The molecule has 2 aromatic heterocycles. The summed E-state index contributed by atoms with van der Waals surface area (Å²) in [5.41, 5.74) is 1.61. The van der Waals surface area contributed by atoms with Crippen LogP contribution in [0.2, 0.25) is 0 Å². The Morgan fingerprint density at radius 2 is 1.67 bits per heavy atom. The van der Waals surface area contributed by atoms with Crippen molar-refractivity contribution in [1.82, 2.24) is 19.9 Å². The summed E-state index contributed by atoms with van der Waals surface area (Å²) in [6.45, 7) is 0.912. The predicted octanol–water partition coefficient (Wildman–Crippen LogP) is 4.27. The average molecular weight is 458 g/mol. The minimum atomic E-state index is -0.902. The van der Waals surface area contributed by atoms with E-state index in [1.54, 1.807) is 23.5 Å². The molecule has 166 valence electrons. The Morgan fingerprint density at radius 3 is 2.42 bits per heavy atom. The van der Waals surface area contributed by atoms with E-state index in [2.05, 4.69) is 19.7 Å². The Morgan fingerprint density at radius 1 is 0.939 bits per heavy atom. The summed E-state index contributed by atoms with van der Waals surface area (Å²) in [5.74, 6) is -0.0647. The SMILES string of the molecule is O=C(c1ncc(NSc2cccc3cccnc23)cn1)N1CCC(O)(c2ccccc2)CC1. The van der Waals surface area contributed by atoms with Crippen LogP contribution < -0.4 is 4.72 Å². The van der Waals surface area contributed by atoms with Crippen LogP contribution in [0.25, 0.3) is 10.9 Å². The molecule has 0 saturated carbocycles. The summed E-state index contributed by atoms with van der Waals surface area (Å²) >= 11 is 1.43. The lowest BCUT2D eigenvalue weighted by Gasteiger charge is -2.38. The predicted molar refractivity (Wildman–Crippen MR) is 129 cm³/mol. The topological polar surface area (TPSA) is 91.2 Å². The molecule has 1 aliphatic heterocycles. The lowest BCUT2D eigenvalue weighted by Crippen LogP contribution is -2.45. The number of anilines is 1. The number of rotatable bonds is 5. The summed E-state index contributed by atoms with van der Waals surface area (Å²) in [7, 11) is 0. The second-order valence-electron chi connectivity index (χ2n) is 8.02. The maximum atomic E-state index is 12.9. The van der Waals surface area contributed by atoms with Gasteiger partial charge in [0.2, 0.25) is 5.82 Å². The van der Waals surface area contributed by atoms with Gasteiger partial charge in [-0.1, -0.05) is 48.5 Å². The van der Waals surface area contributed by atoms with E-state index in [1.807, 2.05) is 60.7 Å². The summed E-state index contributed by atoms with van der Waals surface area (Å²) in [4.78, 5) is 28.6. The zero-order valence-corrected chi connectivity index (χ0v) is 18.7. The van der Waals surface area contributed by atoms with Gasteiger partial charge in [-0.2, -0.15) is 0 Å². The highest BCUT2D eigenvalue weighted by Crippen LogP contribution is 2.33. The van der Waals surface area contributed by atoms with E-state index >= 15 is 0 Å². The van der Waals surface area contributed by atoms with Crippen LogP contribution in [0.5, 0.6) is 0 Å². The number of amides is 1. The van der Waals surface area contributed by atoms with Crippen molar-refractivity contribution in [2.24, 2.45) is 0 Å². The van der Waals surface area contributed by atoms with Gasteiger partial charge in [-0.15, -0.1) is 0 Å². The summed E-state index contributed by atoms with van der Waals surface area (Å²) < 4.78 is 3.22. The lowest BCUT2D eigenvalue weighted by atomic mass is 9.84. The number of fused-ring (bicyclic) bond motifs is 1. The molecule has 1 aliphatic rings. The number of aromatic nitrogens is 3. The molecule has 1 saturated heterocycles. The second kappa shape index (κ2) is 9.17. The Kier molecular flexibility index (Phi) is 5.93. The maximum absolute atomic E-state index is 12.9. The molecule has 0 aliphatic carbocycles. The van der Waals surface area contributed by atoms with Gasteiger partial charge >= 0.3 is 0 Å². The average Bonchev–Trinajstić information content (AvgIpc) is 2.88. The van der Waals surface area contributed by atoms with Crippen LogP contribution in [0.4, 0.5) is 5.69 Å². The lowest BCUT2D eigenvalue weighted by molar-refractivity contribution is -0.0214. The number of pyridine rings is 1. The van der Waals surface area contributed by atoms with Crippen LogP contribution in [0.15, 0.2) is 84.1 Å². The first-order valence-corrected chi connectivity index (χ1v) is 11.6. The van der Waals surface area contributed by atoms with Crippen molar-refractivity contribution in [2.45, 2.75) is 23.3 Å². The highest BCUT2D eigenvalue weighted by Gasteiger charge is 2.36. The van der Waals surface area contributed by atoms with Gasteiger partial charge < -0.3 is 14.7 Å². The fourth-order valence-corrected chi connectivity index (χ4v) is 4.77. The van der Waals surface area contributed by atoms with Crippen LogP contribution in [0.1, 0.15) is 29.0 Å². The zero-order chi connectivity index (χ0) is 22.7. The fraction of sp³-hybridized carbons (Fsp3) is 0.200. The van der Waals surface area contributed by atoms with Crippen molar-refractivity contribution in [1.29, 1.82) is 0 Å². The molecule has 2 N–H and O–H groups in total. The minimum Gasteiger partial charge on any atom is -0.385 e. The minimum absolute atomic E-state index is 0.155. The number of para-hydroxylation sites is 1. The van der Waals surface area contributed by atoms with Gasteiger partial charge in [0.15, 0.2) is 0 Å². The zero-order valence-electron chi connectivity index (χ0n) is 17.9. The van der Waals surface area contributed by atoms with Gasteiger partial charge in [0.1, 0.15) is 0 Å². The molecule has 8 heteroatoms. The first-order chi connectivity index (χ1) is 16.1. The quantitative estimate of drug-likeness (QED) is 0.433. The first kappa shape index (κ1) is 21.4. The molecule has 0 bridgehead atoms. The Bertz CT molecular complexity index is 1250. The Balaban J connectivity index is 1.20. The van der Waals surface area contributed by atoms with Crippen molar-refractivity contribution < 1.29 is 9.90 Å². The smallest absolute Gasteiger partial charge is 0.291 e. The van der Waals surface area contributed by atoms with Crippen molar-refractivity contribution in [3.05, 3.63) is 90.6 Å². The number of nitrogens with one attached hydrogen (secondary N) is 1. The fourth-order valence-electron chi connectivity index (χ4n) is 4.02. The third-order valence-electron chi connectivity index (χ3n) is 5.91. The second-order valence-corrected chi connectivity index (χ2v) is 8.87. The van der Waals surface area contributed by atoms with Gasteiger partial charge in [0.05, 0.1) is 34.1 Å². The van der Waals surface area contributed by atoms with Gasteiger partial charge in [0, 0.05) is 24.7 Å². The van der Waals surface area contributed by atoms with Gasteiger partial charge in [0.25, 0.3) is 5.91 Å². The number of carbonyl (C=O) groups excluding carboxylic acids is 1. The number of nitrogens with zero attached hydrogens (tertiary/aromatic N) is 4. The van der Waals surface area contributed by atoms with Gasteiger partial charge in [-0.3, -0.25) is 9.78 Å². The molecule has 0 atom stereocenters. The van der Waals surface area contributed by atoms with Crippen LogP contribution in [-0.4, -0.2) is 44.0 Å². The molecule has 0 spiro atoms. The first-order valence-electron chi connectivity index (χ1n) is 10.8. The number of aliphatic hydroxyl groups is 1. The van der Waals surface area contributed by atoms with Crippen molar-refractivity contribution in [3.8, 4) is 0 Å². The number of hydrogen-bond donors (Lipinski definition) is 2. The molecular weight excluding hydrogens is 434 g/mol. The van der Waals surface area contributed by atoms with E-state index < -0.39 is 5.60 Å². The number of likely N-dealkylation sites (tertiary alicyclic amines) is 1. The molecule has 4 aromatic rings. The third-order valence-corrected chi connectivity index (χ3v) is 6.79. The van der Waals surface area contributed by atoms with E-state index in [-0.39, 0.29) is 11.7 Å². The molecule has 0 unspecified atom stereocenters. The van der Waals surface area contributed by atoms with Crippen molar-refractivity contribution in [2.75, 3.05) is 17.8 Å². The summed E-state index contributed by atoms with van der Waals surface area (Å²) in [6.07, 6.45) is 5.96. The maximum Gasteiger partial charge on any atom is 0.291 e. The number of carbonyl (C=O) groups is 1. The molecule has 1 amide bonds. The molecule has 2 aromatic carbocycles. The molecular formula is C25H23N5O2S. The molecule has 5 rings (SSSR count). The highest BCUT2D eigenvalue weighted by molar-refractivity contribution is 8.00. The standard InChI is InChI=1S/C25H23N5O2S/c31-24(30-14-11-25(32,12-15-30)19-8-2-1-3-9-19)23-27-16-20(17-28-23)29-33-21-10-4-6-18-7-5-13-26-22(18)21/h1-10,13,16-17,29,32H,11-12,14-15H2. The monoisotopic (exact) mass is 457 g/mol. The summed E-state index contributed by atoms with van der Waals surface area (Å²) in [5, 5.41) is 12.1. The Hall–Kier alpha value is -3.49. The number of hydrogen-bond acceptors (Lipinski definition) is 7. The normalized spacial score (nSPS) is 15.4. The summed E-state index contributed by atoms with van der Waals surface area (Å²) in [6, 6.07) is 19.6. The molecule has 7 nitrogen and oxygen atoms in total. The van der Waals surface area contributed by atoms with Crippen LogP contribution in [0, 0.1) is 0 Å². The molecule has 33 heavy (non-hydrogen) atoms. The van der Waals surface area contributed by atoms with Gasteiger partial charge in [-0.25, -0.2) is 9.97 Å². The molecule has 1 fully saturated rings. The number of piperidine rings is 1. The van der Waals surface area contributed by atoms with E-state index in [0.717, 1.165) is 21.4 Å². The molecule has 0 radical (unpaired) electrons. The Labute approximate surface area is 196 Å². The van der Waals surface area contributed by atoms with E-state index in [0.29, 0.717) is 31.6 Å². The van der Waals surface area contributed by atoms with Crippen LogP contribution in [0.3, 0.4) is 0 Å². The van der Waals surface area contributed by atoms with E-state index in [4.69, 9.17) is 0 Å².